The second-order valence-corrected chi connectivity index (χ2v) is 6.92. The first-order valence-electron chi connectivity index (χ1n) is 7.03. The predicted octanol–water partition coefficient (Wildman–Crippen LogP) is 4.47. The fraction of sp³-hybridized carbons (Fsp3) is 0.312. The zero-order valence-electron chi connectivity index (χ0n) is 11.7. The van der Waals surface area contributed by atoms with E-state index >= 15 is 0 Å². The van der Waals surface area contributed by atoms with E-state index in [2.05, 4.69) is 22.9 Å². The number of halogens is 1. The van der Waals surface area contributed by atoms with E-state index in [1.165, 1.54) is 16.9 Å². The molecule has 3 nitrogen and oxygen atoms in total. The van der Waals surface area contributed by atoms with Gasteiger partial charge in [0.15, 0.2) is 0 Å². The first kappa shape index (κ1) is 14.4. The summed E-state index contributed by atoms with van der Waals surface area (Å²) < 4.78 is 0.797. The van der Waals surface area contributed by atoms with Crippen LogP contribution >= 0.6 is 22.9 Å². The number of carbonyl (C=O) groups is 1. The van der Waals surface area contributed by atoms with Crippen molar-refractivity contribution in [2.45, 2.75) is 31.8 Å². The van der Waals surface area contributed by atoms with Crippen LogP contribution in [0.3, 0.4) is 0 Å². The molecule has 0 spiro atoms. The number of hydrogen-bond donors (Lipinski definition) is 2. The number of thiophene rings is 1. The topological polar surface area (TPSA) is 41.1 Å². The number of hydrogen-bond acceptors (Lipinski definition) is 3. The van der Waals surface area contributed by atoms with Gasteiger partial charge in [0.2, 0.25) is 0 Å². The molecule has 3 rings (SSSR count). The molecule has 1 aliphatic rings. The third kappa shape index (κ3) is 3.77. The average Bonchev–Trinajstić information content (AvgIpc) is 3.17. The fourth-order valence-electron chi connectivity index (χ4n) is 2.10. The third-order valence-corrected chi connectivity index (χ3v) is 4.64. The van der Waals surface area contributed by atoms with E-state index in [4.69, 9.17) is 11.6 Å². The molecule has 0 radical (unpaired) electrons. The summed E-state index contributed by atoms with van der Waals surface area (Å²) in [5.41, 5.74) is 2.87. The van der Waals surface area contributed by atoms with Gasteiger partial charge in [0.25, 0.3) is 5.91 Å². The second kappa shape index (κ2) is 6.08. The SMILES string of the molecule is CC(Nc1ccc(C(=O)NC2CC2)cc1)c1csc(Cl)c1. The van der Waals surface area contributed by atoms with E-state index < -0.39 is 0 Å². The molecule has 1 heterocycles. The quantitative estimate of drug-likeness (QED) is 0.853. The number of amides is 1. The predicted molar refractivity (Wildman–Crippen MR) is 88.3 cm³/mol. The molecule has 1 atom stereocenters. The van der Waals surface area contributed by atoms with E-state index in [1.54, 1.807) is 0 Å². The van der Waals surface area contributed by atoms with Crippen LogP contribution in [0.5, 0.6) is 0 Å². The van der Waals surface area contributed by atoms with Crippen LogP contribution in [-0.2, 0) is 0 Å². The molecule has 1 unspecified atom stereocenters. The minimum atomic E-state index is 0.0155. The highest BCUT2D eigenvalue weighted by Gasteiger charge is 2.23. The van der Waals surface area contributed by atoms with Crippen LogP contribution in [0.2, 0.25) is 4.34 Å². The molecule has 5 heteroatoms. The Morgan fingerprint density at radius 2 is 2.05 bits per heavy atom. The molecule has 1 fully saturated rings. The van der Waals surface area contributed by atoms with Crippen LogP contribution < -0.4 is 10.6 Å². The summed E-state index contributed by atoms with van der Waals surface area (Å²) in [6.07, 6.45) is 2.21. The third-order valence-electron chi connectivity index (χ3n) is 3.53. The average molecular weight is 321 g/mol. The summed E-state index contributed by atoms with van der Waals surface area (Å²) in [6, 6.07) is 10.1. The van der Waals surface area contributed by atoms with Gasteiger partial charge in [0.05, 0.1) is 4.34 Å². The van der Waals surface area contributed by atoms with Crippen molar-refractivity contribution in [1.29, 1.82) is 0 Å². The number of rotatable bonds is 5. The van der Waals surface area contributed by atoms with Crippen molar-refractivity contribution < 1.29 is 4.79 Å². The Balaban J connectivity index is 1.62. The fourth-order valence-corrected chi connectivity index (χ4v) is 3.08. The zero-order chi connectivity index (χ0) is 14.8. The molecular weight excluding hydrogens is 304 g/mol. The van der Waals surface area contributed by atoms with Gasteiger partial charge in [-0.3, -0.25) is 4.79 Å². The van der Waals surface area contributed by atoms with E-state index in [9.17, 15) is 4.79 Å². The summed E-state index contributed by atoms with van der Waals surface area (Å²) >= 11 is 7.49. The number of nitrogens with one attached hydrogen (secondary N) is 2. The van der Waals surface area contributed by atoms with Crippen molar-refractivity contribution in [2.75, 3.05) is 5.32 Å². The van der Waals surface area contributed by atoms with Crippen molar-refractivity contribution in [3.8, 4) is 0 Å². The van der Waals surface area contributed by atoms with Gasteiger partial charge >= 0.3 is 0 Å². The molecule has 0 bridgehead atoms. The van der Waals surface area contributed by atoms with Gasteiger partial charge in [-0.15, -0.1) is 11.3 Å². The van der Waals surface area contributed by atoms with Crippen molar-refractivity contribution in [1.82, 2.24) is 5.32 Å². The van der Waals surface area contributed by atoms with Crippen molar-refractivity contribution >= 4 is 34.5 Å². The van der Waals surface area contributed by atoms with E-state index in [0.29, 0.717) is 11.6 Å². The molecule has 1 aromatic heterocycles. The smallest absolute Gasteiger partial charge is 0.251 e. The summed E-state index contributed by atoms with van der Waals surface area (Å²) in [5, 5.41) is 8.45. The van der Waals surface area contributed by atoms with Gasteiger partial charge in [-0.1, -0.05) is 11.6 Å². The normalized spacial score (nSPS) is 15.5. The maximum absolute atomic E-state index is 11.9. The van der Waals surface area contributed by atoms with Gasteiger partial charge < -0.3 is 10.6 Å². The number of anilines is 1. The Morgan fingerprint density at radius 1 is 1.33 bits per heavy atom. The Kier molecular flexibility index (Phi) is 4.17. The maximum Gasteiger partial charge on any atom is 0.251 e. The van der Waals surface area contributed by atoms with E-state index in [1.807, 2.05) is 30.3 Å². The molecule has 21 heavy (non-hydrogen) atoms. The van der Waals surface area contributed by atoms with Gasteiger partial charge in [0, 0.05) is 23.3 Å². The Labute approximate surface area is 133 Å². The largest absolute Gasteiger partial charge is 0.378 e. The molecule has 1 aliphatic carbocycles. The summed E-state index contributed by atoms with van der Waals surface area (Å²) in [4.78, 5) is 11.9. The summed E-state index contributed by atoms with van der Waals surface area (Å²) in [5.74, 6) is 0.0155. The van der Waals surface area contributed by atoms with Crippen LogP contribution in [0.1, 0.15) is 41.7 Å². The lowest BCUT2D eigenvalue weighted by Crippen LogP contribution is -2.25. The van der Waals surface area contributed by atoms with Crippen molar-refractivity contribution in [3.63, 3.8) is 0 Å². The molecule has 0 saturated heterocycles. The standard InChI is InChI=1S/C16H17ClN2OS/c1-10(12-8-15(17)21-9-12)18-13-4-2-11(3-5-13)16(20)19-14-6-7-14/h2-5,8-10,14,18H,6-7H2,1H3,(H,19,20). The summed E-state index contributed by atoms with van der Waals surface area (Å²) in [6.45, 7) is 2.09. The Morgan fingerprint density at radius 3 is 2.62 bits per heavy atom. The van der Waals surface area contributed by atoms with Gasteiger partial charge in [-0.05, 0) is 61.0 Å². The van der Waals surface area contributed by atoms with Gasteiger partial charge in [0.1, 0.15) is 0 Å². The van der Waals surface area contributed by atoms with Crippen LogP contribution in [-0.4, -0.2) is 11.9 Å². The lowest BCUT2D eigenvalue weighted by atomic mass is 10.1. The minimum absolute atomic E-state index is 0.0155. The Hall–Kier alpha value is -1.52. The van der Waals surface area contributed by atoms with Gasteiger partial charge in [-0.25, -0.2) is 0 Å². The second-order valence-electron chi connectivity index (χ2n) is 5.38. The molecule has 2 aromatic rings. The molecule has 1 amide bonds. The Bertz CT molecular complexity index is 634. The highest BCUT2D eigenvalue weighted by atomic mass is 35.5. The van der Waals surface area contributed by atoms with Gasteiger partial charge in [-0.2, -0.15) is 0 Å². The zero-order valence-corrected chi connectivity index (χ0v) is 13.3. The van der Waals surface area contributed by atoms with Crippen LogP contribution in [0.15, 0.2) is 35.7 Å². The van der Waals surface area contributed by atoms with Crippen LogP contribution in [0, 0.1) is 0 Å². The molecule has 2 N–H and O–H groups in total. The maximum atomic E-state index is 11.9. The van der Waals surface area contributed by atoms with E-state index in [0.717, 1.165) is 22.9 Å². The summed E-state index contributed by atoms with van der Waals surface area (Å²) in [7, 11) is 0. The lowest BCUT2D eigenvalue weighted by Gasteiger charge is -2.14. The molecule has 1 saturated carbocycles. The highest BCUT2D eigenvalue weighted by molar-refractivity contribution is 7.14. The van der Waals surface area contributed by atoms with Crippen molar-refractivity contribution in [2.24, 2.45) is 0 Å². The van der Waals surface area contributed by atoms with Crippen molar-refractivity contribution in [3.05, 3.63) is 51.2 Å². The molecule has 1 aromatic carbocycles. The lowest BCUT2D eigenvalue weighted by molar-refractivity contribution is 0.0951. The first-order valence-corrected chi connectivity index (χ1v) is 8.29. The molecule has 110 valence electrons. The van der Waals surface area contributed by atoms with E-state index in [-0.39, 0.29) is 11.9 Å². The first-order chi connectivity index (χ1) is 10.1. The molecule has 0 aliphatic heterocycles. The number of benzene rings is 1. The molecular formula is C16H17ClN2OS. The van der Waals surface area contributed by atoms with Crippen LogP contribution in [0.25, 0.3) is 0 Å². The van der Waals surface area contributed by atoms with Crippen LogP contribution in [0.4, 0.5) is 5.69 Å². The monoisotopic (exact) mass is 320 g/mol. The minimum Gasteiger partial charge on any atom is -0.378 e. The highest BCUT2D eigenvalue weighted by Crippen LogP contribution is 2.27. The number of carbonyl (C=O) groups excluding carboxylic acids is 1.